The number of esters is 1. The van der Waals surface area contributed by atoms with Gasteiger partial charge in [0.25, 0.3) is 0 Å². The number of allylic oxidation sites excluding steroid dienone is 5. The lowest BCUT2D eigenvalue weighted by atomic mass is 9.33. The predicted octanol–water partition coefficient (Wildman–Crippen LogP) is 10.8. The summed E-state index contributed by atoms with van der Waals surface area (Å²) < 4.78 is 25.7. The lowest BCUT2D eigenvalue weighted by Crippen LogP contribution is -2.68. The largest absolute Gasteiger partial charge is 0.460 e. The molecule has 306 valence electrons. The zero-order valence-corrected chi connectivity index (χ0v) is 35.3. The highest BCUT2D eigenvalue weighted by molar-refractivity contribution is 5.78. The molecule has 1 aromatic carbocycles. The van der Waals surface area contributed by atoms with Crippen LogP contribution < -0.4 is 5.32 Å². The van der Waals surface area contributed by atoms with Crippen LogP contribution in [-0.2, 0) is 20.9 Å². The molecule has 1 saturated heterocycles. The summed E-state index contributed by atoms with van der Waals surface area (Å²) in [5.41, 5.74) is 4.76. The van der Waals surface area contributed by atoms with Crippen LogP contribution in [0.4, 0.5) is 9.18 Å². The van der Waals surface area contributed by atoms with E-state index >= 15 is 0 Å². The zero-order chi connectivity index (χ0) is 39.7. The average molecular weight is 769 g/mol. The van der Waals surface area contributed by atoms with Gasteiger partial charge in [-0.3, -0.25) is 4.79 Å². The van der Waals surface area contributed by atoms with Gasteiger partial charge in [0.15, 0.2) is 0 Å². The van der Waals surface area contributed by atoms with Crippen molar-refractivity contribution in [3.8, 4) is 0 Å². The molecule has 6 aliphatic carbocycles. The molecule has 0 spiro atoms. The third-order valence-corrected chi connectivity index (χ3v) is 18.2. The van der Waals surface area contributed by atoms with E-state index in [0.29, 0.717) is 68.5 Å². The SMILES string of the molecule is C=C(C)[C@@H]1CC[C@]2(NCCN3CCOC3=O)CC[C@]3(C)[C@H](CC[C@@H]4[C@@]5(C)CC=C(C6=CC[C@](CF)(C(=O)OCc7ccccc7)CC6)C(C)(C)[C@@H]5CC[C@]43C)[C@@H]12. The molecular formula is C49H69FN2O4. The summed E-state index contributed by atoms with van der Waals surface area (Å²) in [5.74, 6) is 2.58. The average Bonchev–Trinajstić information content (AvgIpc) is 3.78. The molecule has 5 fully saturated rings. The number of hydrogen-bond acceptors (Lipinski definition) is 5. The lowest BCUT2D eigenvalue weighted by Gasteiger charge is -2.72. The molecule has 0 unspecified atom stereocenters. The number of halogens is 1. The minimum Gasteiger partial charge on any atom is -0.460 e. The number of ether oxygens (including phenoxy) is 2. The third kappa shape index (κ3) is 6.08. The number of benzene rings is 1. The summed E-state index contributed by atoms with van der Waals surface area (Å²) >= 11 is 0. The van der Waals surface area contributed by atoms with Gasteiger partial charge in [0.2, 0.25) is 0 Å². The Hall–Kier alpha value is -2.93. The highest BCUT2D eigenvalue weighted by Gasteiger charge is 2.70. The number of nitrogens with one attached hydrogen (secondary N) is 1. The van der Waals surface area contributed by atoms with Crippen molar-refractivity contribution < 1.29 is 23.5 Å². The number of nitrogens with zero attached hydrogens (tertiary/aromatic N) is 1. The predicted molar refractivity (Wildman–Crippen MR) is 220 cm³/mol. The van der Waals surface area contributed by atoms with Crippen LogP contribution in [0, 0.1) is 56.7 Å². The van der Waals surface area contributed by atoms with Crippen LogP contribution in [0.2, 0.25) is 0 Å². The maximum absolute atomic E-state index is 14.8. The Bertz CT molecular complexity index is 1770. The molecule has 56 heavy (non-hydrogen) atoms. The minimum absolute atomic E-state index is 0.00858. The van der Waals surface area contributed by atoms with Gasteiger partial charge in [-0.2, -0.15) is 0 Å². The summed E-state index contributed by atoms with van der Waals surface area (Å²) in [6.45, 7) is 22.1. The smallest absolute Gasteiger partial charge is 0.409 e. The van der Waals surface area contributed by atoms with Crippen LogP contribution in [0.1, 0.15) is 124 Å². The maximum atomic E-state index is 14.8. The Kier molecular flexibility index (Phi) is 10.3. The topological polar surface area (TPSA) is 67.9 Å². The Labute approximate surface area is 336 Å². The molecule has 1 aromatic rings. The highest BCUT2D eigenvalue weighted by Crippen LogP contribution is 2.76. The van der Waals surface area contributed by atoms with E-state index < -0.39 is 18.1 Å². The first-order valence-electron chi connectivity index (χ1n) is 22.1. The van der Waals surface area contributed by atoms with Crippen molar-refractivity contribution in [2.24, 2.45) is 56.7 Å². The zero-order valence-electron chi connectivity index (χ0n) is 35.3. The Morgan fingerprint density at radius 2 is 1.73 bits per heavy atom. The van der Waals surface area contributed by atoms with E-state index in [2.05, 4.69) is 65.6 Å². The second-order valence-electron chi connectivity index (χ2n) is 20.8. The van der Waals surface area contributed by atoms with Crippen molar-refractivity contribution in [3.63, 3.8) is 0 Å². The Morgan fingerprint density at radius 3 is 2.41 bits per heavy atom. The minimum atomic E-state index is -1.09. The molecule has 10 atom stereocenters. The van der Waals surface area contributed by atoms with Crippen molar-refractivity contribution in [2.75, 3.05) is 32.9 Å². The fourth-order valence-electron chi connectivity index (χ4n) is 15.1. The van der Waals surface area contributed by atoms with Crippen molar-refractivity contribution >= 4 is 12.1 Å². The van der Waals surface area contributed by atoms with Crippen LogP contribution in [-0.4, -0.2) is 55.4 Å². The summed E-state index contributed by atoms with van der Waals surface area (Å²) in [5, 5.41) is 4.14. The third-order valence-electron chi connectivity index (χ3n) is 18.2. The van der Waals surface area contributed by atoms with Crippen LogP contribution in [0.15, 0.2) is 65.8 Å². The van der Waals surface area contributed by atoms with Crippen molar-refractivity contribution in [1.82, 2.24) is 10.2 Å². The highest BCUT2D eigenvalue weighted by atomic mass is 19.1. The standard InChI is InChI=1S/C49H69FN2O4/c1-33(2)36-17-24-49(51-27-28-52-29-30-55-43(52)54)26-25-46(6)38(41(36)49)13-14-40-45(5)20-18-37(44(3,4)39(45)19-21-47(40,46)7)35-15-22-48(32-50,23-16-35)42(53)56-31-34-11-9-8-10-12-34/h8-12,15,18,36,38-41,51H,1,13-14,16-17,19-32H2,2-7H3/t36-,38+,39-,40+,41+,45-,46+,47+,48-,49-/m0/s1. The molecule has 0 aromatic heterocycles. The molecule has 1 heterocycles. The van der Waals surface area contributed by atoms with E-state index in [9.17, 15) is 14.0 Å². The van der Waals surface area contributed by atoms with E-state index in [1.165, 1.54) is 68.1 Å². The monoisotopic (exact) mass is 769 g/mol. The summed E-state index contributed by atoms with van der Waals surface area (Å²) in [6, 6.07) is 9.67. The summed E-state index contributed by atoms with van der Waals surface area (Å²) in [6.07, 6.45) is 17.2. The number of carbonyl (C=O) groups excluding carboxylic acids is 2. The first-order chi connectivity index (χ1) is 26.6. The number of hydrogen-bond donors (Lipinski definition) is 1. The molecule has 6 nitrogen and oxygen atoms in total. The van der Waals surface area contributed by atoms with Gasteiger partial charge in [0.05, 0.1) is 12.0 Å². The van der Waals surface area contributed by atoms with Gasteiger partial charge in [0.1, 0.15) is 19.9 Å². The molecular weight excluding hydrogens is 700 g/mol. The first kappa shape index (κ1) is 39.9. The van der Waals surface area contributed by atoms with Gasteiger partial charge in [0, 0.05) is 18.6 Å². The van der Waals surface area contributed by atoms with E-state index in [0.717, 1.165) is 18.5 Å². The van der Waals surface area contributed by atoms with E-state index in [4.69, 9.17) is 9.47 Å². The second-order valence-corrected chi connectivity index (χ2v) is 20.8. The van der Waals surface area contributed by atoms with Gasteiger partial charge < -0.3 is 19.7 Å². The molecule has 1 aliphatic heterocycles. The van der Waals surface area contributed by atoms with Crippen LogP contribution in [0.3, 0.4) is 0 Å². The molecule has 4 saturated carbocycles. The van der Waals surface area contributed by atoms with E-state index in [1.54, 1.807) is 0 Å². The Balaban J connectivity index is 1.01. The van der Waals surface area contributed by atoms with Crippen molar-refractivity contribution in [2.45, 2.75) is 131 Å². The lowest BCUT2D eigenvalue weighted by molar-refractivity contribution is -0.221. The van der Waals surface area contributed by atoms with Crippen LogP contribution in [0.5, 0.6) is 0 Å². The van der Waals surface area contributed by atoms with Gasteiger partial charge in [-0.25, -0.2) is 9.18 Å². The molecule has 7 heteroatoms. The molecule has 1 amide bonds. The molecule has 7 aliphatic rings. The number of carbonyl (C=O) groups is 2. The van der Waals surface area contributed by atoms with Crippen molar-refractivity contribution in [3.05, 3.63) is 71.3 Å². The fourth-order valence-corrected chi connectivity index (χ4v) is 15.1. The van der Waals surface area contributed by atoms with Crippen LogP contribution >= 0.6 is 0 Å². The van der Waals surface area contributed by atoms with E-state index in [-0.39, 0.29) is 39.9 Å². The van der Waals surface area contributed by atoms with Crippen molar-refractivity contribution in [1.29, 1.82) is 0 Å². The maximum Gasteiger partial charge on any atom is 0.409 e. The first-order valence-corrected chi connectivity index (χ1v) is 22.1. The molecule has 0 bridgehead atoms. The Morgan fingerprint density at radius 1 is 0.946 bits per heavy atom. The second kappa shape index (κ2) is 14.4. The fraction of sp³-hybridized carbons (Fsp3) is 0.714. The quantitative estimate of drug-likeness (QED) is 0.190. The van der Waals surface area contributed by atoms with Gasteiger partial charge in [-0.05, 0) is 152 Å². The number of fused-ring (bicyclic) bond motifs is 7. The number of amides is 1. The van der Waals surface area contributed by atoms with Gasteiger partial charge >= 0.3 is 12.1 Å². The van der Waals surface area contributed by atoms with Gasteiger partial charge in [-0.15, -0.1) is 0 Å². The van der Waals surface area contributed by atoms with E-state index in [1.807, 2.05) is 35.2 Å². The number of rotatable bonds is 10. The van der Waals surface area contributed by atoms with Gasteiger partial charge in [-0.1, -0.05) is 89.3 Å². The number of cyclic esters (lactones) is 1. The summed E-state index contributed by atoms with van der Waals surface area (Å²) in [4.78, 5) is 27.5. The van der Waals surface area contributed by atoms with Crippen LogP contribution in [0.25, 0.3) is 0 Å². The summed E-state index contributed by atoms with van der Waals surface area (Å²) in [7, 11) is 0. The molecule has 0 radical (unpaired) electrons. The normalized spacial score (nSPS) is 41.3. The molecule has 1 N–H and O–H groups in total. The number of alkyl halides is 1. The molecule has 8 rings (SSSR count).